The number of morpholine rings is 2. The van der Waals surface area contributed by atoms with E-state index in [0.29, 0.717) is 5.56 Å². The minimum absolute atomic E-state index is 0.160. The van der Waals surface area contributed by atoms with Gasteiger partial charge in [-0.15, -0.1) is 0 Å². The van der Waals surface area contributed by atoms with Crippen molar-refractivity contribution in [2.75, 3.05) is 54.5 Å². The minimum atomic E-state index is -0.160. The van der Waals surface area contributed by atoms with Crippen molar-refractivity contribution in [2.45, 2.75) is 26.1 Å². The SMILES string of the molecule is CC1CN(c2ccc(C(=O)Nc3ccc(N4CCOCC4)cc3)cn2)CC(C)O1. The summed E-state index contributed by atoms with van der Waals surface area (Å²) in [6.45, 7) is 9.03. The fourth-order valence-electron chi connectivity index (χ4n) is 3.85. The molecule has 29 heavy (non-hydrogen) atoms. The van der Waals surface area contributed by atoms with Crippen LogP contribution in [-0.4, -0.2) is 62.5 Å². The number of amides is 1. The van der Waals surface area contributed by atoms with Crippen LogP contribution >= 0.6 is 0 Å². The number of carbonyl (C=O) groups is 1. The number of anilines is 3. The number of hydrogen-bond acceptors (Lipinski definition) is 6. The molecule has 7 heteroatoms. The zero-order valence-electron chi connectivity index (χ0n) is 17.0. The maximum Gasteiger partial charge on any atom is 0.257 e. The molecular formula is C22H28N4O3. The Labute approximate surface area is 171 Å². The zero-order valence-corrected chi connectivity index (χ0v) is 17.0. The highest BCUT2D eigenvalue weighted by Gasteiger charge is 2.23. The summed E-state index contributed by atoms with van der Waals surface area (Å²) < 4.78 is 11.2. The number of rotatable bonds is 4. The van der Waals surface area contributed by atoms with Gasteiger partial charge >= 0.3 is 0 Å². The smallest absolute Gasteiger partial charge is 0.257 e. The summed E-state index contributed by atoms with van der Waals surface area (Å²) in [6.07, 6.45) is 1.98. The van der Waals surface area contributed by atoms with Crippen molar-refractivity contribution in [1.29, 1.82) is 0 Å². The predicted molar refractivity (Wildman–Crippen MR) is 114 cm³/mol. The third-order valence-electron chi connectivity index (χ3n) is 5.26. The molecule has 2 unspecified atom stereocenters. The van der Waals surface area contributed by atoms with Crippen LogP contribution in [0.3, 0.4) is 0 Å². The molecule has 0 radical (unpaired) electrons. The van der Waals surface area contributed by atoms with E-state index in [2.05, 4.69) is 33.9 Å². The molecule has 0 spiro atoms. The normalized spacial score (nSPS) is 22.4. The fourth-order valence-corrected chi connectivity index (χ4v) is 3.85. The molecule has 2 aliphatic rings. The molecule has 2 fully saturated rings. The van der Waals surface area contributed by atoms with E-state index >= 15 is 0 Å². The van der Waals surface area contributed by atoms with Gasteiger partial charge in [0.2, 0.25) is 0 Å². The van der Waals surface area contributed by atoms with Crippen LogP contribution in [0.15, 0.2) is 42.6 Å². The lowest BCUT2D eigenvalue weighted by atomic mass is 10.2. The molecule has 0 aliphatic carbocycles. The Balaban J connectivity index is 1.37. The molecule has 7 nitrogen and oxygen atoms in total. The Kier molecular flexibility index (Phi) is 5.97. The first-order valence-corrected chi connectivity index (χ1v) is 10.2. The molecule has 1 N–H and O–H groups in total. The first kappa shape index (κ1) is 19.7. The number of pyridine rings is 1. The zero-order chi connectivity index (χ0) is 20.2. The highest BCUT2D eigenvalue weighted by atomic mass is 16.5. The predicted octanol–water partition coefficient (Wildman–Crippen LogP) is 2.78. The molecule has 3 heterocycles. The lowest BCUT2D eigenvalue weighted by Crippen LogP contribution is -2.45. The van der Waals surface area contributed by atoms with Gasteiger partial charge in [0.25, 0.3) is 5.91 Å². The van der Waals surface area contributed by atoms with Crippen LogP contribution in [0.4, 0.5) is 17.2 Å². The Hall–Kier alpha value is -2.64. The van der Waals surface area contributed by atoms with E-state index in [0.717, 1.165) is 56.6 Å². The molecule has 154 valence electrons. The standard InChI is InChI=1S/C22H28N4O3/c1-16-14-26(15-17(2)29-16)21-8-3-18(13-23-21)22(27)24-19-4-6-20(7-5-19)25-9-11-28-12-10-25/h3-8,13,16-17H,9-12,14-15H2,1-2H3,(H,24,27). The number of aromatic nitrogens is 1. The van der Waals surface area contributed by atoms with Crippen LogP contribution in [-0.2, 0) is 9.47 Å². The Morgan fingerprint density at radius 2 is 1.69 bits per heavy atom. The topological polar surface area (TPSA) is 66.9 Å². The Morgan fingerprint density at radius 1 is 1.00 bits per heavy atom. The van der Waals surface area contributed by atoms with E-state index in [1.165, 1.54) is 0 Å². The lowest BCUT2D eigenvalue weighted by Gasteiger charge is -2.36. The van der Waals surface area contributed by atoms with Crippen LogP contribution in [0.1, 0.15) is 24.2 Å². The van der Waals surface area contributed by atoms with E-state index in [4.69, 9.17) is 9.47 Å². The van der Waals surface area contributed by atoms with Gasteiger partial charge < -0.3 is 24.6 Å². The molecule has 0 bridgehead atoms. The molecule has 1 amide bonds. The fraction of sp³-hybridized carbons (Fsp3) is 0.455. The van der Waals surface area contributed by atoms with Crippen LogP contribution in [0.25, 0.3) is 0 Å². The molecule has 1 aromatic carbocycles. The molecule has 2 atom stereocenters. The van der Waals surface area contributed by atoms with Gasteiger partial charge in [-0.2, -0.15) is 0 Å². The van der Waals surface area contributed by atoms with Crippen molar-refractivity contribution in [2.24, 2.45) is 0 Å². The van der Waals surface area contributed by atoms with Crippen LogP contribution in [0, 0.1) is 0 Å². The third kappa shape index (κ3) is 4.86. The van der Waals surface area contributed by atoms with E-state index in [1.807, 2.05) is 36.4 Å². The molecule has 2 aromatic rings. The first-order chi connectivity index (χ1) is 14.1. The van der Waals surface area contributed by atoms with Gasteiger partial charge in [-0.1, -0.05) is 0 Å². The molecular weight excluding hydrogens is 368 g/mol. The number of carbonyl (C=O) groups excluding carboxylic acids is 1. The van der Waals surface area contributed by atoms with Gasteiger partial charge in [-0.25, -0.2) is 4.98 Å². The molecule has 4 rings (SSSR count). The van der Waals surface area contributed by atoms with Crippen molar-refractivity contribution in [3.05, 3.63) is 48.2 Å². The largest absolute Gasteiger partial charge is 0.378 e. The van der Waals surface area contributed by atoms with Crippen LogP contribution in [0.2, 0.25) is 0 Å². The second-order valence-corrected chi connectivity index (χ2v) is 7.67. The van der Waals surface area contributed by atoms with E-state index in [9.17, 15) is 4.79 Å². The Bertz CT molecular complexity index is 809. The van der Waals surface area contributed by atoms with Crippen LogP contribution in [0.5, 0.6) is 0 Å². The van der Waals surface area contributed by atoms with Gasteiger partial charge in [0.15, 0.2) is 0 Å². The summed E-state index contributed by atoms with van der Waals surface area (Å²) in [4.78, 5) is 21.6. The van der Waals surface area contributed by atoms with Gasteiger partial charge in [0.05, 0.1) is 31.0 Å². The van der Waals surface area contributed by atoms with Gasteiger partial charge in [0, 0.05) is 43.8 Å². The summed E-state index contributed by atoms with van der Waals surface area (Å²) >= 11 is 0. The van der Waals surface area contributed by atoms with Gasteiger partial charge in [0.1, 0.15) is 5.82 Å². The van der Waals surface area contributed by atoms with Crippen molar-refractivity contribution >= 4 is 23.1 Å². The van der Waals surface area contributed by atoms with E-state index in [-0.39, 0.29) is 18.1 Å². The second-order valence-electron chi connectivity index (χ2n) is 7.67. The first-order valence-electron chi connectivity index (χ1n) is 10.2. The monoisotopic (exact) mass is 396 g/mol. The Morgan fingerprint density at radius 3 is 2.31 bits per heavy atom. The van der Waals surface area contributed by atoms with Crippen LogP contribution < -0.4 is 15.1 Å². The van der Waals surface area contributed by atoms with E-state index in [1.54, 1.807) is 6.20 Å². The average molecular weight is 396 g/mol. The average Bonchev–Trinajstić information content (AvgIpc) is 2.74. The number of hydrogen-bond donors (Lipinski definition) is 1. The number of benzene rings is 1. The maximum atomic E-state index is 12.6. The number of nitrogens with one attached hydrogen (secondary N) is 1. The maximum absolute atomic E-state index is 12.6. The van der Waals surface area contributed by atoms with Crippen molar-refractivity contribution < 1.29 is 14.3 Å². The summed E-state index contributed by atoms with van der Waals surface area (Å²) in [6, 6.07) is 11.7. The quantitative estimate of drug-likeness (QED) is 0.857. The molecule has 0 saturated carbocycles. The third-order valence-corrected chi connectivity index (χ3v) is 5.26. The summed E-state index contributed by atoms with van der Waals surface area (Å²) in [5.41, 5.74) is 2.46. The summed E-state index contributed by atoms with van der Waals surface area (Å²) in [7, 11) is 0. The summed E-state index contributed by atoms with van der Waals surface area (Å²) in [5, 5.41) is 2.95. The molecule has 2 aliphatic heterocycles. The molecule has 1 aromatic heterocycles. The summed E-state index contributed by atoms with van der Waals surface area (Å²) in [5.74, 6) is 0.713. The van der Waals surface area contributed by atoms with Crippen molar-refractivity contribution in [3.8, 4) is 0 Å². The van der Waals surface area contributed by atoms with Gasteiger partial charge in [-0.3, -0.25) is 4.79 Å². The lowest BCUT2D eigenvalue weighted by molar-refractivity contribution is -0.00546. The highest BCUT2D eigenvalue weighted by molar-refractivity contribution is 6.04. The second kappa shape index (κ2) is 8.80. The minimum Gasteiger partial charge on any atom is -0.378 e. The van der Waals surface area contributed by atoms with Crippen molar-refractivity contribution in [1.82, 2.24) is 4.98 Å². The van der Waals surface area contributed by atoms with Gasteiger partial charge in [-0.05, 0) is 50.2 Å². The highest BCUT2D eigenvalue weighted by Crippen LogP contribution is 2.21. The number of ether oxygens (including phenoxy) is 2. The van der Waals surface area contributed by atoms with Crippen molar-refractivity contribution in [3.63, 3.8) is 0 Å². The molecule has 2 saturated heterocycles. The van der Waals surface area contributed by atoms with E-state index < -0.39 is 0 Å². The number of nitrogens with zero attached hydrogens (tertiary/aromatic N) is 3.